The van der Waals surface area contributed by atoms with Crippen LogP contribution in [0.4, 0.5) is 0 Å². The summed E-state index contributed by atoms with van der Waals surface area (Å²) in [4.78, 5) is 18.5. The number of aromatic nitrogens is 6. The maximum Gasteiger partial charge on any atom is 0.252 e. The van der Waals surface area contributed by atoms with Gasteiger partial charge in [-0.1, -0.05) is 6.92 Å². The average Bonchev–Trinajstić information content (AvgIpc) is 2.93. The van der Waals surface area contributed by atoms with Gasteiger partial charge in [-0.25, -0.2) is 0 Å². The zero-order chi connectivity index (χ0) is 12.7. The van der Waals surface area contributed by atoms with Gasteiger partial charge in [0.1, 0.15) is 0 Å². The van der Waals surface area contributed by atoms with Crippen LogP contribution < -0.4 is 5.56 Å². The van der Waals surface area contributed by atoms with Crippen LogP contribution in [-0.2, 0) is 13.5 Å². The summed E-state index contributed by atoms with van der Waals surface area (Å²) in [6.45, 7) is 1.97. The summed E-state index contributed by atoms with van der Waals surface area (Å²) in [6, 6.07) is 1.50. The minimum atomic E-state index is -0.198. The van der Waals surface area contributed by atoms with Crippen LogP contribution in [0.1, 0.15) is 12.7 Å². The van der Waals surface area contributed by atoms with Crippen molar-refractivity contribution in [2.75, 3.05) is 0 Å². The Morgan fingerprint density at radius 1 is 1.44 bits per heavy atom. The third-order valence-electron chi connectivity index (χ3n) is 2.70. The number of nitrogens with zero attached hydrogens (tertiary/aromatic N) is 5. The second-order valence-electron chi connectivity index (χ2n) is 4.04. The van der Waals surface area contributed by atoms with Crippen molar-refractivity contribution in [3.05, 3.63) is 34.6 Å². The normalized spacial score (nSPS) is 11.2. The molecule has 0 aromatic carbocycles. The van der Waals surface area contributed by atoms with Gasteiger partial charge in [-0.3, -0.25) is 14.5 Å². The van der Waals surface area contributed by atoms with Gasteiger partial charge in [0.05, 0.1) is 11.9 Å². The molecular weight excluding hydrogens is 232 g/mol. The molecule has 0 radical (unpaired) electrons. The Labute approximate surface area is 102 Å². The van der Waals surface area contributed by atoms with E-state index in [1.807, 2.05) is 20.2 Å². The van der Waals surface area contributed by atoms with Crippen molar-refractivity contribution in [2.24, 2.45) is 7.05 Å². The highest BCUT2D eigenvalue weighted by Gasteiger charge is 2.11. The number of aryl methyl sites for hydroxylation is 2. The molecule has 0 atom stereocenters. The predicted molar refractivity (Wildman–Crippen MR) is 65.2 cm³/mol. The van der Waals surface area contributed by atoms with Gasteiger partial charge in [-0.05, 0) is 0 Å². The van der Waals surface area contributed by atoms with Crippen molar-refractivity contribution in [1.82, 2.24) is 29.4 Å². The van der Waals surface area contributed by atoms with Crippen LogP contribution in [0, 0.1) is 0 Å². The highest BCUT2D eigenvalue weighted by molar-refractivity contribution is 5.59. The smallest absolute Gasteiger partial charge is 0.252 e. The number of rotatable bonds is 2. The van der Waals surface area contributed by atoms with E-state index < -0.39 is 0 Å². The van der Waals surface area contributed by atoms with Crippen LogP contribution in [0.15, 0.2) is 23.3 Å². The molecule has 3 aromatic heterocycles. The van der Waals surface area contributed by atoms with Gasteiger partial charge in [0.2, 0.25) is 5.78 Å². The second-order valence-corrected chi connectivity index (χ2v) is 4.04. The molecule has 92 valence electrons. The molecule has 0 spiro atoms. The van der Waals surface area contributed by atoms with Crippen LogP contribution in [0.2, 0.25) is 0 Å². The summed E-state index contributed by atoms with van der Waals surface area (Å²) in [5.74, 6) is 1.15. The molecule has 7 nitrogen and oxygen atoms in total. The molecule has 0 aliphatic rings. The third kappa shape index (κ3) is 1.60. The molecule has 0 fully saturated rings. The van der Waals surface area contributed by atoms with Gasteiger partial charge < -0.3 is 0 Å². The molecule has 0 bridgehead atoms. The number of aromatic amines is 1. The molecular formula is C11H12N6O. The van der Waals surface area contributed by atoms with Gasteiger partial charge in [-0.15, -0.1) is 5.10 Å². The summed E-state index contributed by atoms with van der Waals surface area (Å²) >= 11 is 0. The van der Waals surface area contributed by atoms with Gasteiger partial charge in [-0.2, -0.15) is 14.6 Å². The Morgan fingerprint density at radius 3 is 2.94 bits per heavy atom. The Balaban J connectivity index is 2.33. The zero-order valence-corrected chi connectivity index (χ0v) is 10.1. The molecule has 7 heteroatoms. The lowest BCUT2D eigenvalue weighted by atomic mass is 10.2. The number of fused-ring (bicyclic) bond motifs is 1. The lowest BCUT2D eigenvalue weighted by molar-refractivity contribution is 0.768. The van der Waals surface area contributed by atoms with E-state index in [1.165, 1.54) is 6.07 Å². The maximum atomic E-state index is 11.6. The van der Waals surface area contributed by atoms with Crippen molar-refractivity contribution >= 4 is 5.78 Å². The van der Waals surface area contributed by atoms with Crippen LogP contribution in [-0.4, -0.2) is 29.4 Å². The van der Waals surface area contributed by atoms with Crippen molar-refractivity contribution in [3.8, 4) is 11.3 Å². The molecule has 3 heterocycles. The number of hydrogen-bond acceptors (Lipinski definition) is 4. The third-order valence-corrected chi connectivity index (χ3v) is 2.70. The van der Waals surface area contributed by atoms with E-state index in [4.69, 9.17) is 0 Å². The van der Waals surface area contributed by atoms with E-state index in [0.29, 0.717) is 17.3 Å². The molecule has 0 unspecified atom stereocenters. The van der Waals surface area contributed by atoms with Gasteiger partial charge in [0.25, 0.3) is 5.56 Å². The highest BCUT2D eigenvalue weighted by Crippen LogP contribution is 2.16. The molecule has 18 heavy (non-hydrogen) atoms. The molecule has 0 amide bonds. The lowest BCUT2D eigenvalue weighted by Gasteiger charge is -1.99. The second kappa shape index (κ2) is 3.80. The van der Waals surface area contributed by atoms with Gasteiger partial charge in [0, 0.05) is 31.3 Å². The minimum absolute atomic E-state index is 0.198. The monoisotopic (exact) mass is 244 g/mol. The van der Waals surface area contributed by atoms with Crippen LogP contribution in [0.3, 0.4) is 0 Å². The largest absolute Gasteiger partial charge is 0.291 e. The number of nitrogens with one attached hydrogen (secondary N) is 1. The summed E-state index contributed by atoms with van der Waals surface area (Å²) in [7, 11) is 1.83. The Bertz CT molecular complexity index is 765. The van der Waals surface area contributed by atoms with E-state index >= 15 is 0 Å². The number of H-pyrrole nitrogens is 1. The quantitative estimate of drug-likeness (QED) is 0.706. The van der Waals surface area contributed by atoms with Crippen LogP contribution >= 0.6 is 0 Å². The fourth-order valence-corrected chi connectivity index (χ4v) is 1.84. The molecule has 3 aromatic rings. The number of hydrogen-bond donors (Lipinski definition) is 1. The summed E-state index contributed by atoms with van der Waals surface area (Å²) in [6.07, 6.45) is 4.25. The first-order valence-corrected chi connectivity index (χ1v) is 5.65. The van der Waals surface area contributed by atoms with Crippen molar-refractivity contribution in [1.29, 1.82) is 0 Å². The molecule has 0 saturated carbocycles. The predicted octanol–water partition coefficient (Wildman–Crippen LogP) is 0.380. The molecule has 1 N–H and O–H groups in total. The van der Waals surface area contributed by atoms with E-state index in [2.05, 4.69) is 20.2 Å². The SMILES string of the molecule is CCc1nc2[nH]c(=O)cc(-c3cnn(C)c3)n2n1. The average molecular weight is 244 g/mol. The van der Waals surface area contributed by atoms with Crippen molar-refractivity contribution in [3.63, 3.8) is 0 Å². The Kier molecular flexibility index (Phi) is 2.26. The van der Waals surface area contributed by atoms with Crippen molar-refractivity contribution in [2.45, 2.75) is 13.3 Å². The molecule has 0 saturated heterocycles. The highest BCUT2D eigenvalue weighted by atomic mass is 16.1. The fourth-order valence-electron chi connectivity index (χ4n) is 1.84. The Morgan fingerprint density at radius 2 is 2.28 bits per heavy atom. The molecule has 3 rings (SSSR count). The van der Waals surface area contributed by atoms with E-state index in [9.17, 15) is 4.79 Å². The van der Waals surface area contributed by atoms with E-state index in [0.717, 1.165) is 12.0 Å². The standard InChI is InChI=1S/C11H12N6O/c1-3-9-13-11-14-10(18)4-8(17(11)15-9)7-5-12-16(2)6-7/h4-6H,3H2,1-2H3,(H,13,14,15,18). The first kappa shape index (κ1) is 10.7. The van der Waals surface area contributed by atoms with Gasteiger partial charge in [0.15, 0.2) is 5.82 Å². The summed E-state index contributed by atoms with van der Waals surface area (Å²) in [5.41, 5.74) is 1.33. The summed E-state index contributed by atoms with van der Waals surface area (Å²) < 4.78 is 3.32. The Hall–Kier alpha value is -2.44. The van der Waals surface area contributed by atoms with E-state index in [1.54, 1.807) is 15.4 Å². The van der Waals surface area contributed by atoms with E-state index in [-0.39, 0.29) is 5.56 Å². The maximum absolute atomic E-state index is 11.6. The first-order chi connectivity index (χ1) is 8.67. The first-order valence-electron chi connectivity index (χ1n) is 5.65. The zero-order valence-electron chi connectivity index (χ0n) is 10.1. The molecule has 0 aliphatic heterocycles. The summed E-state index contributed by atoms with van der Waals surface area (Å²) in [5, 5.41) is 8.46. The fraction of sp³-hybridized carbons (Fsp3) is 0.273. The van der Waals surface area contributed by atoms with Crippen LogP contribution in [0.25, 0.3) is 17.0 Å². The molecule has 0 aliphatic carbocycles. The lowest BCUT2D eigenvalue weighted by Crippen LogP contribution is -2.09. The van der Waals surface area contributed by atoms with Crippen molar-refractivity contribution < 1.29 is 0 Å². The van der Waals surface area contributed by atoms with Crippen LogP contribution in [0.5, 0.6) is 0 Å². The topological polar surface area (TPSA) is 80.9 Å². The van der Waals surface area contributed by atoms with Gasteiger partial charge >= 0.3 is 0 Å². The minimum Gasteiger partial charge on any atom is -0.291 e.